The molecule has 12 heteroatoms. The SMILES string of the molecule is O=C1Cn2c(-c3ccc(O)cc3)c(C3CCCCC3)c3ccc(cc32)C(=O)NCCCCCCN1.O=C1Cn2c(-c3ccc(OCc4ccccc4)cc3)c(C3CCCCC3)c3ccc(cc32)C(=O)NCC/C=C\CCN1. The van der Waals surface area contributed by atoms with E-state index in [9.17, 15) is 24.3 Å². The number of benzene rings is 5. The number of carbonyl (C=O) groups is 4. The molecule has 5 aromatic carbocycles. The van der Waals surface area contributed by atoms with Gasteiger partial charge in [-0.25, -0.2) is 0 Å². The summed E-state index contributed by atoms with van der Waals surface area (Å²) in [7, 11) is 0. The summed E-state index contributed by atoms with van der Waals surface area (Å²) >= 11 is 0. The number of fused-ring (bicyclic) bond motifs is 2. The number of carbonyl (C=O) groups excluding carboxylic acids is 4. The molecule has 4 amide bonds. The molecule has 2 aliphatic carbocycles. The molecule has 4 bridgehead atoms. The van der Waals surface area contributed by atoms with Crippen molar-refractivity contribution >= 4 is 45.4 Å². The van der Waals surface area contributed by atoms with Crippen LogP contribution in [0.15, 0.2) is 127 Å². The zero-order valence-corrected chi connectivity index (χ0v) is 44.4. The first-order valence-electron chi connectivity index (χ1n) is 28.4. The summed E-state index contributed by atoms with van der Waals surface area (Å²) in [6.07, 6.45) is 21.4. The van der Waals surface area contributed by atoms with Crippen molar-refractivity contribution in [2.24, 2.45) is 0 Å². The van der Waals surface area contributed by atoms with Crippen LogP contribution in [-0.4, -0.2) is 64.0 Å². The van der Waals surface area contributed by atoms with E-state index >= 15 is 0 Å². The number of aromatic nitrogens is 2. The highest BCUT2D eigenvalue weighted by atomic mass is 16.5. The Hall–Kier alpha value is -7.60. The fourth-order valence-corrected chi connectivity index (χ4v) is 12.1. The van der Waals surface area contributed by atoms with Gasteiger partial charge in [0.25, 0.3) is 11.8 Å². The molecule has 2 aliphatic heterocycles. The minimum Gasteiger partial charge on any atom is -0.508 e. The topological polar surface area (TPSA) is 156 Å². The molecule has 2 aromatic heterocycles. The van der Waals surface area contributed by atoms with Crippen LogP contribution in [0.5, 0.6) is 11.5 Å². The number of ether oxygens (including phenoxy) is 1. The largest absolute Gasteiger partial charge is 0.508 e. The van der Waals surface area contributed by atoms with Gasteiger partial charge in [0.15, 0.2) is 0 Å². The monoisotopic (exact) mass is 1030 g/mol. The quantitative estimate of drug-likeness (QED) is 0.100. The number of rotatable bonds is 7. The predicted molar refractivity (Wildman–Crippen MR) is 306 cm³/mol. The lowest BCUT2D eigenvalue weighted by Gasteiger charge is -2.24. The van der Waals surface area contributed by atoms with Crippen molar-refractivity contribution in [1.82, 2.24) is 30.4 Å². The average molecular weight is 1040 g/mol. The molecule has 0 radical (unpaired) electrons. The van der Waals surface area contributed by atoms with Crippen LogP contribution in [-0.2, 0) is 29.3 Å². The number of aromatic hydroxyl groups is 1. The van der Waals surface area contributed by atoms with E-state index in [2.05, 4.69) is 79.0 Å². The highest BCUT2D eigenvalue weighted by Gasteiger charge is 2.30. The summed E-state index contributed by atoms with van der Waals surface area (Å²) in [5.41, 5.74) is 10.9. The molecule has 2 fully saturated rings. The normalized spacial score (nSPS) is 18.1. The Balaban J connectivity index is 0.000000178. The lowest BCUT2D eigenvalue weighted by Crippen LogP contribution is -2.28. The highest BCUT2D eigenvalue weighted by molar-refractivity contribution is 6.03. The Labute approximate surface area is 452 Å². The molecular formula is C65H74N6O6. The lowest BCUT2D eigenvalue weighted by atomic mass is 9.81. The number of amides is 4. The molecule has 0 saturated heterocycles. The third-order valence-corrected chi connectivity index (χ3v) is 16.0. The summed E-state index contributed by atoms with van der Waals surface area (Å²) in [5, 5.41) is 24.5. The number of phenols is 1. The second-order valence-electron chi connectivity index (χ2n) is 21.4. The van der Waals surface area contributed by atoms with Gasteiger partial charge in [-0.3, -0.25) is 19.2 Å². The van der Waals surface area contributed by atoms with Crippen molar-refractivity contribution in [2.45, 2.75) is 134 Å². The molecule has 0 spiro atoms. The Morgan fingerprint density at radius 2 is 0.909 bits per heavy atom. The van der Waals surface area contributed by atoms with Gasteiger partial charge in [0.1, 0.15) is 31.2 Å². The average Bonchev–Trinajstić information content (AvgIpc) is 4.00. The Morgan fingerprint density at radius 1 is 0.468 bits per heavy atom. The van der Waals surface area contributed by atoms with Gasteiger partial charge in [-0.15, -0.1) is 0 Å². The van der Waals surface area contributed by atoms with Crippen molar-refractivity contribution in [3.8, 4) is 34.0 Å². The summed E-state index contributed by atoms with van der Waals surface area (Å²) in [4.78, 5) is 52.4. The molecule has 77 heavy (non-hydrogen) atoms. The van der Waals surface area contributed by atoms with Crippen LogP contribution in [0.3, 0.4) is 0 Å². The van der Waals surface area contributed by atoms with Gasteiger partial charge >= 0.3 is 0 Å². The molecule has 7 aromatic rings. The van der Waals surface area contributed by atoms with Crippen LogP contribution < -0.4 is 26.0 Å². The molecule has 12 nitrogen and oxygen atoms in total. The molecule has 400 valence electrons. The van der Waals surface area contributed by atoms with Gasteiger partial charge in [0.05, 0.1) is 22.4 Å². The zero-order chi connectivity index (χ0) is 52.9. The van der Waals surface area contributed by atoms with Crippen LogP contribution in [0, 0.1) is 0 Å². The van der Waals surface area contributed by atoms with Crippen molar-refractivity contribution in [1.29, 1.82) is 0 Å². The van der Waals surface area contributed by atoms with E-state index in [1.165, 1.54) is 49.7 Å². The molecule has 11 rings (SSSR count). The Kier molecular flexibility index (Phi) is 17.5. The van der Waals surface area contributed by atoms with Gasteiger partial charge in [0.2, 0.25) is 11.8 Å². The summed E-state index contributed by atoms with van der Waals surface area (Å²) in [6, 6.07) is 37.6. The standard InChI is InChI=1S/C36H39N3O3.C29H35N3O3/c40-33-24-39-32-23-29(36(41)38-22-10-2-1-9-21-37-33)17-20-31(32)34(27-13-7-4-8-14-27)35(39)28-15-18-30(19-16-28)42-25-26-11-5-3-6-12-26;33-23-13-10-21(11-14-23)28-27(20-8-4-3-5-9-20)24-15-12-22-18-25(24)32(28)19-26(34)30-16-6-1-2-7-17-31-29(22)35/h1-3,5-6,11-12,15-20,23,27H,4,7-10,13-14,21-22,24-25H2,(H,37,40)(H,38,41);10-15,18,20,33H,1-9,16-17,19H2,(H,30,34)(H,31,35)/b2-1-;. The third kappa shape index (κ3) is 12.8. The fraction of sp³-hybridized carbons (Fsp3) is 0.385. The summed E-state index contributed by atoms with van der Waals surface area (Å²) < 4.78 is 10.3. The molecule has 4 aliphatic rings. The first-order valence-corrected chi connectivity index (χ1v) is 28.4. The smallest absolute Gasteiger partial charge is 0.251 e. The first kappa shape index (κ1) is 52.8. The fourth-order valence-electron chi connectivity index (χ4n) is 12.1. The highest BCUT2D eigenvalue weighted by Crippen LogP contribution is 2.46. The van der Waals surface area contributed by atoms with Crippen molar-refractivity contribution in [3.05, 3.63) is 155 Å². The number of hydrogen-bond donors (Lipinski definition) is 5. The third-order valence-electron chi connectivity index (χ3n) is 16.0. The van der Waals surface area contributed by atoms with Crippen LogP contribution in [0.25, 0.3) is 44.3 Å². The molecule has 2 saturated carbocycles. The minimum absolute atomic E-state index is 0.0122. The molecule has 4 heterocycles. The van der Waals surface area contributed by atoms with E-state index in [0.29, 0.717) is 55.7 Å². The van der Waals surface area contributed by atoms with E-state index in [4.69, 9.17) is 4.74 Å². The van der Waals surface area contributed by atoms with Crippen molar-refractivity contribution in [2.75, 3.05) is 26.2 Å². The zero-order valence-electron chi connectivity index (χ0n) is 44.4. The van der Waals surface area contributed by atoms with Crippen molar-refractivity contribution < 1.29 is 29.0 Å². The van der Waals surface area contributed by atoms with E-state index in [1.54, 1.807) is 12.1 Å². The molecule has 0 atom stereocenters. The van der Waals surface area contributed by atoms with E-state index in [-0.39, 0.29) is 42.5 Å². The van der Waals surface area contributed by atoms with Crippen molar-refractivity contribution in [3.63, 3.8) is 0 Å². The van der Waals surface area contributed by atoms with Gasteiger partial charge < -0.3 is 40.2 Å². The van der Waals surface area contributed by atoms with E-state index < -0.39 is 0 Å². The molecular weight excluding hydrogens is 961 g/mol. The van der Waals surface area contributed by atoms with Crippen LogP contribution in [0.2, 0.25) is 0 Å². The van der Waals surface area contributed by atoms with E-state index in [0.717, 1.165) is 120 Å². The lowest BCUT2D eigenvalue weighted by molar-refractivity contribution is -0.122. The molecule has 5 N–H and O–H groups in total. The maximum atomic E-state index is 13.3. The number of hydrogen-bond acceptors (Lipinski definition) is 6. The van der Waals surface area contributed by atoms with Gasteiger partial charge in [-0.2, -0.15) is 0 Å². The van der Waals surface area contributed by atoms with Gasteiger partial charge in [-0.05, 0) is 164 Å². The second kappa shape index (κ2) is 25.5. The predicted octanol–water partition coefficient (Wildman–Crippen LogP) is 12.6. The first-order chi connectivity index (χ1) is 37.8. The summed E-state index contributed by atoms with van der Waals surface area (Å²) in [6.45, 7) is 3.40. The van der Waals surface area contributed by atoms with Gasteiger partial charge in [0, 0.05) is 48.1 Å². The number of nitrogens with one attached hydrogen (secondary N) is 4. The van der Waals surface area contributed by atoms with Crippen LogP contribution in [0.4, 0.5) is 0 Å². The van der Waals surface area contributed by atoms with Crippen LogP contribution >= 0.6 is 0 Å². The second-order valence-corrected chi connectivity index (χ2v) is 21.4. The summed E-state index contributed by atoms with van der Waals surface area (Å²) in [5.74, 6) is 1.65. The maximum absolute atomic E-state index is 13.3. The maximum Gasteiger partial charge on any atom is 0.251 e. The minimum atomic E-state index is -0.0851. The number of nitrogens with zero attached hydrogens (tertiary/aromatic N) is 2. The van der Waals surface area contributed by atoms with Gasteiger partial charge in [-0.1, -0.05) is 106 Å². The van der Waals surface area contributed by atoms with E-state index in [1.807, 2.05) is 66.7 Å². The number of phenolic OH excluding ortho intramolecular Hbond substituents is 1. The Bertz CT molecular complexity index is 3200. The Morgan fingerprint density at radius 3 is 1.44 bits per heavy atom. The molecule has 0 unspecified atom stereocenters. The van der Waals surface area contributed by atoms with Crippen LogP contribution in [0.1, 0.15) is 152 Å².